The molecule has 0 heterocycles. The Labute approximate surface area is 66.0 Å². The van der Waals surface area contributed by atoms with E-state index in [0.717, 1.165) is 17.8 Å². The Kier molecular flexibility index (Phi) is 4.76. The highest BCUT2D eigenvalue weighted by Gasteiger charge is 2.16. The van der Waals surface area contributed by atoms with E-state index in [1.807, 2.05) is 0 Å². The second-order valence-electron chi connectivity index (χ2n) is 3.70. The van der Waals surface area contributed by atoms with Crippen LogP contribution in [0.15, 0.2) is 0 Å². The molecule has 0 aromatic heterocycles. The molecule has 0 saturated carbocycles. The van der Waals surface area contributed by atoms with Crippen LogP contribution >= 0.6 is 0 Å². The first-order valence-electron chi connectivity index (χ1n) is 4.63. The van der Waals surface area contributed by atoms with Crippen molar-refractivity contribution in [3.05, 3.63) is 0 Å². The van der Waals surface area contributed by atoms with Crippen LogP contribution in [-0.2, 0) is 0 Å². The minimum Gasteiger partial charge on any atom is -0.0651 e. The lowest BCUT2D eigenvalue weighted by molar-refractivity contribution is 0.256. The molecule has 0 spiro atoms. The Hall–Kier alpha value is 0. The van der Waals surface area contributed by atoms with Gasteiger partial charge >= 0.3 is 0 Å². The molecule has 0 unspecified atom stereocenters. The maximum Gasteiger partial charge on any atom is -0.0368 e. The molecule has 0 nitrogen and oxygen atoms in total. The van der Waals surface area contributed by atoms with Gasteiger partial charge in [-0.05, 0) is 17.8 Å². The zero-order valence-electron chi connectivity index (χ0n) is 8.15. The summed E-state index contributed by atoms with van der Waals surface area (Å²) in [6.45, 7) is 11.6. The summed E-state index contributed by atoms with van der Waals surface area (Å²) < 4.78 is 0. The Morgan fingerprint density at radius 1 is 0.900 bits per heavy atom. The second-order valence-corrected chi connectivity index (χ2v) is 3.70. The van der Waals surface area contributed by atoms with Gasteiger partial charge in [0.15, 0.2) is 0 Å². The molecule has 0 amide bonds. The second kappa shape index (κ2) is 4.76. The summed E-state index contributed by atoms with van der Waals surface area (Å²) >= 11 is 0. The highest BCUT2D eigenvalue weighted by molar-refractivity contribution is 4.66. The zero-order chi connectivity index (χ0) is 8.15. The van der Waals surface area contributed by atoms with Gasteiger partial charge in [0.1, 0.15) is 0 Å². The maximum absolute atomic E-state index is 2.37. The van der Waals surface area contributed by atoms with Gasteiger partial charge in [0.25, 0.3) is 0 Å². The van der Waals surface area contributed by atoms with Crippen molar-refractivity contribution in [2.45, 2.75) is 47.5 Å². The lowest BCUT2D eigenvalue weighted by Gasteiger charge is -2.24. The fourth-order valence-corrected chi connectivity index (χ4v) is 1.83. The zero-order valence-corrected chi connectivity index (χ0v) is 8.15. The van der Waals surface area contributed by atoms with Gasteiger partial charge in [0.2, 0.25) is 0 Å². The van der Waals surface area contributed by atoms with Crippen molar-refractivity contribution in [3.8, 4) is 0 Å². The third-order valence-corrected chi connectivity index (χ3v) is 2.70. The molecule has 0 aromatic rings. The van der Waals surface area contributed by atoms with Crippen molar-refractivity contribution < 1.29 is 0 Å². The van der Waals surface area contributed by atoms with Crippen molar-refractivity contribution in [3.63, 3.8) is 0 Å². The first kappa shape index (κ1) is 10.0. The summed E-state index contributed by atoms with van der Waals surface area (Å²) in [7, 11) is 0. The van der Waals surface area contributed by atoms with E-state index in [4.69, 9.17) is 0 Å². The van der Waals surface area contributed by atoms with E-state index in [0.29, 0.717) is 0 Å². The summed E-state index contributed by atoms with van der Waals surface area (Å²) in [5.74, 6) is 2.70. The molecule has 0 aliphatic carbocycles. The third kappa shape index (κ3) is 2.72. The van der Waals surface area contributed by atoms with E-state index in [1.54, 1.807) is 0 Å². The molecule has 0 rings (SSSR count). The number of rotatable bonds is 4. The van der Waals surface area contributed by atoms with E-state index < -0.39 is 0 Å². The first-order valence-corrected chi connectivity index (χ1v) is 4.63. The molecule has 0 fully saturated rings. The molecule has 0 saturated heterocycles. The predicted octanol–water partition coefficient (Wildman–Crippen LogP) is 3.71. The smallest absolute Gasteiger partial charge is 0.0368 e. The van der Waals surface area contributed by atoms with Crippen LogP contribution in [0, 0.1) is 17.8 Å². The molecule has 0 heteroatoms. The predicted molar refractivity (Wildman–Crippen MR) is 48.1 cm³/mol. The largest absolute Gasteiger partial charge is 0.0651 e. The van der Waals surface area contributed by atoms with E-state index >= 15 is 0 Å². The Morgan fingerprint density at radius 2 is 1.40 bits per heavy atom. The number of hydrogen-bond donors (Lipinski definition) is 0. The average molecular weight is 142 g/mol. The van der Waals surface area contributed by atoms with E-state index in [2.05, 4.69) is 34.6 Å². The Balaban J connectivity index is 3.80. The van der Waals surface area contributed by atoms with Crippen LogP contribution in [0.25, 0.3) is 0 Å². The average Bonchev–Trinajstić information content (AvgIpc) is 1.88. The highest BCUT2D eigenvalue weighted by Crippen LogP contribution is 2.25. The Bertz CT molecular complexity index is 74.1. The van der Waals surface area contributed by atoms with Gasteiger partial charge in [0, 0.05) is 0 Å². The normalized spacial score (nSPS) is 17.4. The molecule has 0 aromatic carbocycles. The van der Waals surface area contributed by atoms with Crippen LogP contribution in [0.2, 0.25) is 0 Å². The van der Waals surface area contributed by atoms with Gasteiger partial charge in [-0.1, -0.05) is 47.5 Å². The minimum atomic E-state index is 0.861. The summed E-state index contributed by atoms with van der Waals surface area (Å²) in [5.41, 5.74) is 0. The van der Waals surface area contributed by atoms with Crippen molar-refractivity contribution in [2.24, 2.45) is 17.8 Å². The maximum atomic E-state index is 2.37. The number of hydrogen-bond acceptors (Lipinski definition) is 0. The van der Waals surface area contributed by atoms with Gasteiger partial charge < -0.3 is 0 Å². The van der Waals surface area contributed by atoms with Crippen molar-refractivity contribution in [1.29, 1.82) is 0 Å². The highest BCUT2D eigenvalue weighted by atomic mass is 14.2. The fraction of sp³-hybridized carbons (Fsp3) is 1.00. The van der Waals surface area contributed by atoms with E-state index in [9.17, 15) is 0 Å². The van der Waals surface area contributed by atoms with Crippen molar-refractivity contribution in [2.75, 3.05) is 0 Å². The molecular formula is C10H22. The van der Waals surface area contributed by atoms with Crippen molar-refractivity contribution >= 4 is 0 Å². The first-order chi connectivity index (χ1) is 4.63. The van der Waals surface area contributed by atoms with Gasteiger partial charge in [-0.25, -0.2) is 0 Å². The lowest BCUT2D eigenvalue weighted by Crippen LogP contribution is -2.16. The van der Waals surface area contributed by atoms with Crippen LogP contribution in [-0.4, -0.2) is 0 Å². The fourth-order valence-electron chi connectivity index (χ4n) is 1.83. The molecule has 2 atom stereocenters. The van der Waals surface area contributed by atoms with Crippen LogP contribution in [0.5, 0.6) is 0 Å². The third-order valence-electron chi connectivity index (χ3n) is 2.70. The summed E-state index contributed by atoms with van der Waals surface area (Å²) in [4.78, 5) is 0. The molecule has 62 valence electrons. The van der Waals surface area contributed by atoms with Crippen LogP contribution in [0.3, 0.4) is 0 Å². The molecule has 0 aliphatic heterocycles. The molecule has 0 N–H and O–H groups in total. The van der Waals surface area contributed by atoms with Crippen molar-refractivity contribution in [1.82, 2.24) is 0 Å². The van der Waals surface area contributed by atoms with Crippen LogP contribution < -0.4 is 0 Å². The van der Waals surface area contributed by atoms with Crippen LogP contribution in [0.4, 0.5) is 0 Å². The lowest BCUT2D eigenvalue weighted by atomic mass is 9.81. The van der Waals surface area contributed by atoms with Gasteiger partial charge in [0.05, 0.1) is 0 Å². The summed E-state index contributed by atoms with van der Waals surface area (Å²) in [6, 6.07) is 0. The quantitative estimate of drug-likeness (QED) is 0.561. The van der Waals surface area contributed by atoms with Gasteiger partial charge in [-0.2, -0.15) is 0 Å². The van der Waals surface area contributed by atoms with Crippen LogP contribution in [0.1, 0.15) is 47.5 Å². The summed E-state index contributed by atoms with van der Waals surface area (Å²) in [5, 5.41) is 0. The van der Waals surface area contributed by atoms with Gasteiger partial charge in [-0.15, -0.1) is 0 Å². The molecule has 10 heavy (non-hydrogen) atoms. The molecular weight excluding hydrogens is 120 g/mol. The molecule has 0 bridgehead atoms. The van der Waals surface area contributed by atoms with Gasteiger partial charge in [-0.3, -0.25) is 0 Å². The molecule has 0 radical (unpaired) electrons. The Morgan fingerprint density at radius 3 is 1.50 bits per heavy atom. The minimum absolute atomic E-state index is 0.861. The van der Waals surface area contributed by atoms with E-state index in [1.165, 1.54) is 12.8 Å². The SMILES string of the molecule is CC[C@H](C)[C@@H](CC)C(C)C. The summed E-state index contributed by atoms with van der Waals surface area (Å²) in [6.07, 6.45) is 2.67. The standard InChI is InChI=1S/C10H22/c1-6-9(5)10(7-2)8(3)4/h8-10H,6-7H2,1-5H3/t9-,10-/m0/s1. The topological polar surface area (TPSA) is 0 Å². The van der Waals surface area contributed by atoms with E-state index in [-0.39, 0.29) is 0 Å². The molecule has 0 aliphatic rings. The monoisotopic (exact) mass is 142 g/mol.